The Balaban J connectivity index is 2.43. The predicted molar refractivity (Wildman–Crippen MR) is 62.4 cm³/mol. The zero-order valence-corrected chi connectivity index (χ0v) is 11.0. The van der Waals surface area contributed by atoms with Crippen molar-refractivity contribution in [3.05, 3.63) is 0 Å². The van der Waals surface area contributed by atoms with Gasteiger partial charge in [0, 0.05) is 6.92 Å². The molecular formula is C11H20O9. The lowest BCUT2D eigenvalue weighted by Crippen LogP contribution is -2.59. The number of carbonyl (C=O) groups is 1. The lowest BCUT2D eigenvalue weighted by molar-refractivity contribution is -0.304. The molecule has 0 aromatic carbocycles. The Morgan fingerprint density at radius 1 is 1.20 bits per heavy atom. The molecule has 118 valence electrons. The van der Waals surface area contributed by atoms with Crippen LogP contribution >= 0.6 is 0 Å². The molecular weight excluding hydrogens is 276 g/mol. The molecule has 0 amide bonds. The number of carbonyl (C=O) groups excluding carboxylic acids is 1. The molecule has 0 aromatic rings. The normalized spacial score (nSPS) is 35.6. The minimum absolute atomic E-state index is 0.285. The number of rotatable bonds is 6. The molecule has 6 atom stereocenters. The van der Waals surface area contributed by atoms with E-state index < -0.39 is 49.4 Å². The van der Waals surface area contributed by atoms with Crippen LogP contribution in [0.5, 0.6) is 0 Å². The molecule has 1 aliphatic heterocycles. The fourth-order valence-electron chi connectivity index (χ4n) is 1.67. The van der Waals surface area contributed by atoms with Crippen molar-refractivity contribution in [1.29, 1.82) is 0 Å². The number of aliphatic hydroxyl groups is 5. The summed E-state index contributed by atoms with van der Waals surface area (Å²) >= 11 is 0. The molecule has 1 fully saturated rings. The van der Waals surface area contributed by atoms with Gasteiger partial charge < -0.3 is 39.7 Å². The lowest BCUT2D eigenvalue weighted by atomic mass is 9.99. The summed E-state index contributed by atoms with van der Waals surface area (Å²) in [6, 6.07) is 0. The Kier molecular flexibility index (Phi) is 6.76. The molecule has 0 unspecified atom stereocenters. The standard InChI is InChI=1S/C11H20O9/c1-5(13)18-3-6(14)4-19-11-10(17)9(16)8(15)7(2-12)20-11/h6-12,14-17H,2-4H2,1H3/t6-,7+,8-,9-,10+,11+/m0/s1. The van der Waals surface area contributed by atoms with Gasteiger partial charge in [-0.2, -0.15) is 0 Å². The zero-order valence-electron chi connectivity index (χ0n) is 11.0. The minimum Gasteiger partial charge on any atom is -0.463 e. The molecule has 1 saturated heterocycles. The maximum atomic E-state index is 10.5. The maximum Gasteiger partial charge on any atom is 0.302 e. The number of esters is 1. The molecule has 0 aromatic heterocycles. The van der Waals surface area contributed by atoms with Gasteiger partial charge in [-0.05, 0) is 0 Å². The second kappa shape index (κ2) is 7.84. The van der Waals surface area contributed by atoms with E-state index in [0.717, 1.165) is 0 Å². The van der Waals surface area contributed by atoms with Crippen LogP contribution in [0.25, 0.3) is 0 Å². The van der Waals surface area contributed by atoms with Crippen molar-refractivity contribution < 1.29 is 44.5 Å². The summed E-state index contributed by atoms with van der Waals surface area (Å²) in [7, 11) is 0. The average Bonchev–Trinajstić information content (AvgIpc) is 2.42. The minimum atomic E-state index is -1.54. The summed E-state index contributed by atoms with van der Waals surface area (Å²) in [6.07, 6.45) is -8.08. The number of hydrogen-bond acceptors (Lipinski definition) is 9. The fraction of sp³-hybridized carbons (Fsp3) is 0.909. The number of hydrogen-bond donors (Lipinski definition) is 5. The third-order valence-corrected chi connectivity index (χ3v) is 2.78. The van der Waals surface area contributed by atoms with Gasteiger partial charge in [0.2, 0.25) is 0 Å². The van der Waals surface area contributed by atoms with Gasteiger partial charge in [0.05, 0.1) is 13.2 Å². The van der Waals surface area contributed by atoms with Crippen LogP contribution in [0.1, 0.15) is 6.92 Å². The first-order valence-corrected chi connectivity index (χ1v) is 6.10. The molecule has 20 heavy (non-hydrogen) atoms. The van der Waals surface area contributed by atoms with Gasteiger partial charge in [-0.3, -0.25) is 4.79 Å². The second-order valence-electron chi connectivity index (χ2n) is 4.49. The highest BCUT2D eigenvalue weighted by molar-refractivity contribution is 5.65. The van der Waals surface area contributed by atoms with Gasteiger partial charge >= 0.3 is 5.97 Å². The lowest BCUT2D eigenvalue weighted by Gasteiger charge is -2.39. The first-order chi connectivity index (χ1) is 9.36. The molecule has 9 nitrogen and oxygen atoms in total. The average molecular weight is 296 g/mol. The molecule has 0 spiro atoms. The Bertz CT molecular complexity index is 308. The van der Waals surface area contributed by atoms with Crippen LogP contribution in [0.4, 0.5) is 0 Å². The van der Waals surface area contributed by atoms with E-state index >= 15 is 0 Å². The summed E-state index contributed by atoms with van der Waals surface area (Å²) in [4.78, 5) is 10.5. The van der Waals surface area contributed by atoms with Gasteiger partial charge in [-0.1, -0.05) is 0 Å². The number of ether oxygens (including phenoxy) is 3. The molecule has 1 aliphatic rings. The highest BCUT2D eigenvalue weighted by Crippen LogP contribution is 2.21. The number of aliphatic hydroxyl groups excluding tert-OH is 5. The highest BCUT2D eigenvalue weighted by Gasteiger charge is 2.44. The molecule has 0 aliphatic carbocycles. The largest absolute Gasteiger partial charge is 0.463 e. The van der Waals surface area contributed by atoms with Crippen molar-refractivity contribution in [2.24, 2.45) is 0 Å². The summed E-state index contributed by atoms with van der Waals surface area (Å²) in [5.41, 5.74) is 0. The van der Waals surface area contributed by atoms with Crippen molar-refractivity contribution in [3.63, 3.8) is 0 Å². The van der Waals surface area contributed by atoms with E-state index in [9.17, 15) is 25.2 Å². The summed E-state index contributed by atoms with van der Waals surface area (Å²) in [6.45, 7) is 0.00863. The third kappa shape index (κ3) is 4.63. The van der Waals surface area contributed by atoms with Crippen LogP contribution in [0.3, 0.4) is 0 Å². The first kappa shape index (κ1) is 17.2. The van der Waals surface area contributed by atoms with Crippen LogP contribution in [0.15, 0.2) is 0 Å². The van der Waals surface area contributed by atoms with E-state index in [1.165, 1.54) is 6.92 Å². The van der Waals surface area contributed by atoms with Crippen LogP contribution < -0.4 is 0 Å². The summed E-state index contributed by atoms with van der Waals surface area (Å²) in [5, 5.41) is 47.1. The molecule has 0 radical (unpaired) electrons. The topological polar surface area (TPSA) is 146 Å². The second-order valence-corrected chi connectivity index (χ2v) is 4.49. The van der Waals surface area contributed by atoms with E-state index in [4.69, 9.17) is 14.6 Å². The van der Waals surface area contributed by atoms with Gasteiger partial charge in [0.25, 0.3) is 0 Å². The Labute approximate surface area is 115 Å². The zero-order chi connectivity index (χ0) is 15.3. The molecule has 1 rings (SSSR count). The molecule has 5 N–H and O–H groups in total. The Morgan fingerprint density at radius 3 is 2.40 bits per heavy atom. The van der Waals surface area contributed by atoms with Gasteiger partial charge in [0.1, 0.15) is 37.1 Å². The van der Waals surface area contributed by atoms with E-state index in [1.807, 2.05) is 0 Å². The first-order valence-electron chi connectivity index (χ1n) is 6.10. The monoisotopic (exact) mass is 296 g/mol. The van der Waals surface area contributed by atoms with E-state index in [-0.39, 0.29) is 13.2 Å². The van der Waals surface area contributed by atoms with Crippen LogP contribution in [0, 0.1) is 0 Å². The molecule has 9 heteroatoms. The van der Waals surface area contributed by atoms with Crippen molar-refractivity contribution in [1.82, 2.24) is 0 Å². The highest BCUT2D eigenvalue weighted by atomic mass is 16.7. The van der Waals surface area contributed by atoms with Crippen molar-refractivity contribution in [2.45, 2.75) is 43.7 Å². The van der Waals surface area contributed by atoms with Gasteiger partial charge in [-0.25, -0.2) is 0 Å². The van der Waals surface area contributed by atoms with Crippen LogP contribution in [-0.2, 0) is 19.0 Å². The predicted octanol–water partition coefficient (Wildman–Crippen LogP) is -3.27. The van der Waals surface area contributed by atoms with Crippen LogP contribution in [0.2, 0.25) is 0 Å². The van der Waals surface area contributed by atoms with Crippen molar-refractivity contribution in [3.8, 4) is 0 Å². The van der Waals surface area contributed by atoms with Crippen LogP contribution in [-0.4, -0.2) is 88.1 Å². The summed E-state index contributed by atoms with van der Waals surface area (Å²) in [5.74, 6) is -0.558. The van der Waals surface area contributed by atoms with Gasteiger partial charge in [-0.15, -0.1) is 0 Å². The molecule has 0 saturated carbocycles. The third-order valence-electron chi connectivity index (χ3n) is 2.78. The van der Waals surface area contributed by atoms with Crippen molar-refractivity contribution >= 4 is 5.97 Å². The maximum absolute atomic E-state index is 10.5. The Hall–Kier alpha value is -0.810. The molecule has 1 heterocycles. The molecule has 0 bridgehead atoms. The van der Waals surface area contributed by atoms with Gasteiger partial charge in [0.15, 0.2) is 6.29 Å². The quantitative estimate of drug-likeness (QED) is 0.318. The smallest absolute Gasteiger partial charge is 0.302 e. The SMILES string of the molecule is CC(=O)OC[C@H](O)CO[C@@H]1O[C@H](CO)[C@H](O)[C@H](O)[C@H]1O. The van der Waals surface area contributed by atoms with E-state index in [0.29, 0.717) is 0 Å². The van der Waals surface area contributed by atoms with E-state index in [1.54, 1.807) is 0 Å². The van der Waals surface area contributed by atoms with Crippen molar-refractivity contribution in [2.75, 3.05) is 19.8 Å². The summed E-state index contributed by atoms with van der Waals surface area (Å²) < 4.78 is 14.6. The van der Waals surface area contributed by atoms with E-state index in [2.05, 4.69) is 4.74 Å². The fourth-order valence-corrected chi connectivity index (χ4v) is 1.67. The Morgan fingerprint density at radius 2 is 1.85 bits per heavy atom.